The van der Waals surface area contributed by atoms with Crippen LogP contribution in [-0.2, 0) is 14.3 Å². The van der Waals surface area contributed by atoms with Crippen LogP contribution in [0, 0.1) is 16.0 Å². The van der Waals surface area contributed by atoms with Crippen molar-refractivity contribution in [2.24, 2.45) is 5.92 Å². The third kappa shape index (κ3) is 9.75. The van der Waals surface area contributed by atoms with Crippen LogP contribution in [0.3, 0.4) is 0 Å². The molecule has 0 amide bonds. The summed E-state index contributed by atoms with van der Waals surface area (Å²) in [4.78, 5) is 31.5. The molecule has 0 saturated carbocycles. The van der Waals surface area contributed by atoms with Crippen LogP contribution in [-0.4, -0.2) is 28.6 Å². The van der Waals surface area contributed by atoms with E-state index in [1.54, 1.807) is 0 Å². The van der Waals surface area contributed by atoms with Crippen LogP contribution in [0.15, 0.2) is 11.8 Å². The quantitative estimate of drug-likeness (QED) is 0.391. The van der Waals surface area contributed by atoms with Gasteiger partial charge < -0.3 is 9.84 Å². The summed E-state index contributed by atoms with van der Waals surface area (Å²) < 4.78 is 4.70. The van der Waals surface area contributed by atoms with Crippen LogP contribution in [0.5, 0.6) is 0 Å². The summed E-state index contributed by atoms with van der Waals surface area (Å²) in [5.41, 5.74) is 0.389. The molecule has 7 nitrogen and oxygen atoms in total. The van der Waals surface area contributed by atoms with Crippen LogP contribution in [0.1, 0.15) is 39.5 Å². The van der Waals surface area contributed by atoms with Gasteiger partial charge in [-0.1, -0.05) is 20.3 Å². The number of hydrogen-bond donors (Lipinski definition) is 1. The number of aliphatic carboxylic acids is 1. The van der Waals surface area contributed by atoms with Crippen molar-refractivity contribution in [1.29, 1.82) is 0 Å². The van der Waals surface area contributed by atoms with Crippen molar-refractivity contribution in [3.63, 3.8) is 0 Å². The van der Waals surface area contributed by atoms with E-state index >= 15 is 0 Å². The zero-order valence-corrected chi connectivity index (χ0v) is 11.1. The lowest BCUT2D eigenvalue weighted by atomic mass is 9.97. The first-order chi connectivity index (χ1) is 8.85. The van der Waals surface area contributed by atoms with E-state index < -0.39 is 16.9 Å². The minimum absolute atomic E-state index is 0.176. The maximum atomic E-state index is 11.4. The Morgan fingerprint density at radius 2 is 2.11 bits per heavy atom. The highest BCUT2D eigenvalue weighted by Crippen LogP contribution is 2.18. The van der Waals surface area contributed by atoms with E-state index in [4.69, 9.17) is 9.84 Å². The summed E-state index contributed by atoms with van der Waals surface area (Å²) in [6.45, 7) is 3.67. The van der Waals surface area contributed by atoms with Crippen molar-refractivity contribution >= 4 is 11.9 Å². The fourth-order valence-corrected chi connectivity index (χ4v) is 1.40. The number of esters is 1. The van der Waals surface area contributed by atoms with E-state index in [0.29, 0.717) is 12.0 Å². The number of ether oxygens (including phenoxy) is 1. The summed E-state index contributed by atoms with van der Waals surface area (Å²) in [5.74, 6) is -1.47. The average Bonchev–Trinajstić information content (AvgIpc) is 2.27. The molecule has 0 aromatic carbocycles. The Bertz CT molecular complexity index is 363. The number of rotatable bonds is 9. The van der Waals surface area contributed by atoms with Gasteiger partial charge in [0, 0.05) is 5.57 Å². The maximum absolute atomic E-state index is 11.4. The molecule has 0 saturated heterocycles. The van der Waals surface area contributed by atoms with Crippen LogP contribution in [0.2, 0.25) is 0 Å². The fraction of sp³-hybridized carbons (Fsp3) is 0.667. The lowest BCUT2D eigenvalue weighted by Gasteiger charge is -2.10. The van der Waals surface area contributed by atoms with E-state index in [9.17, 15) is 19.7 Å². The van der Waals surface area contributed by atoms with Crippen molar-refractivity contribution in [2.75, 3.05) is 6.61 Å². The SMILES string of the molecule is CCC(C)CC(=C[N+](=O)[O-])CC(=O)OCCC(=O)O. The van der Waals surface area contributed by atoms with Gasteiger partial charge >= 0.3 is 11.9 Å². The number of nitrogens with zero attached hydrogens (tertiary/aromatic N) is 1. The zero-order valence-electron chi connectivity index (χ0n) is 11.1. The predicted octanol–water partition coefficient (Wildman–Crippen LogP) is 1.99. The molecule has 0 fully saturated rings. The molecule has 0 bridgehead atoms. The second-order valence-corrected chi connectivity index (χ2v) is 4.33. The first-order valence-electron chi connectivity index (χ1n) is 6.05. The van der Waals surface area contributed by atoms with E-state index in [-0.39, 0.29) is 25.4 Å². The molecule has 0 radical (unpaired) electrons. The minimum atomic E-state index is -1.06. The molecule has 19 heavy (non-hydrogen) atoms. The molecule has 0 rings (SSSR count). The lowest BCUT2D eigenvalue weighted by molar-refractivity contribution is -0.403. The van der Waals surface area contributed by atoms with Gasteiger partial charge in [0.05, 0.1) is 17.8 Å². The van der Waals surface area contributed by atoms with Gasteiger partial charge in [0.2, 0.25) is 6.20 Å². The lowest BCUT2D eigenvalue weighted by Crippen LogP contribution is -2.11. The molecule has 0 aromatic rings. The van der Waals surface area contributed by atoms with Gasteiger partial charge in [-0.25, -0.2) is 0 Å². The third-order valence-electron chi connectivity index (χ3n) is 2.55. The monoisotopic (exact) mass is 273 g/mol. The molecule has 7 heteroatoms. The summed E-state index contributed by atoms with van der Waals surface area (Å²) in [6.07, 6.45) is 1.68. The van der Waals surface area contributed by atoms with E-state index in [2.05, 4.69) is 0 Å². The topological polar surface area (TPSA) is 107 Å². The van der Waals surface area contributed by atoms with E-state index in [1.807, 2.05) is 13.8 Å². The van der Waals surface area contributed by atoms with Gasteiger partial charge in [0.15, 0.2) is 0 Å². The molecule has 1 N–H and O–H groups in total. The smallest absolute Gasteiger partial charge is 0.310 e. The Morgan fingerprint density at radius 3 is 2.58 bits per heavy atom. The summed E-state index contributed by atoms with van der Waals surface area (Å²) >= 11 is 0. The first kappa shape index (κ1) is 17.1. The molecule has 0 heterocycles. The number of nitro groups is 1. The summed E-state index contributed by atoms with van der Waals surface area (Å²) in [6, 6.07) is 0. The largest absolute Gasteiger partial charge is 0.481 e. The van der Waals surface area contributed by atoms with Gasteiger partial charge in [-0.3, -0.25) is 19.7 Å². The van der Waals surface area contributed by atoms with Crippen LogP contribution in [0.25, 0.3) is 0 Å². The Kier molecular flexibility index (Phi) is 8.15. The first-order valence-corrected chi connectivity index (χ1v) is 6.05. The number of carbonyl (C=O) groups excluding carboxylic acids is 1. The Morgan fingerprint density at radius 1 is 1.47 bits per heavy atom. The normalized spacial score (nSPS) is 12.8. The highest BCUT2D eigenvalue weighted by Gasteiger charge is 2.14. The number of carbonyl (C=O) groups is 2. The minimum Gasteiger partial charge on any atom is -0.481 e. The fourth-order valence-electron chi connectivity index (χ4n) is 1.40. The van der Waals surface area contributed by atoms with Crippen LogP contribution < -0.4 is 0 Å². The molecule has 0 spiro atoms. The second-order valence-electron chi connectivity index (χ2n) is 4.33. The number of carboxylic acids is 1. The molecule has 1 atom stereocenters. The van der Waals surface area contributed by atoms with Crippen LogP contribution >= 0.6 is 0 Å². The molecule has 0 aliphatic rings. The van der Waals surface area contributed by atoms with Crippen LogP contribution in [0.4, 0.5) is 0 Å². The predicted molar refractivity (Wildman–Crippen MR) is 67.0 cm³/mol. The molecular weight excluding hydrogens is 254 g/mol. The van der Waals surface area contributed by atoms with Crippen molar-refractivity contribution < 1.29 is 24.4 Å². The summed E-state index contributed by atoms with van der Waals surface area (Å²) in [7, 11) is 0. The molecule has 0 aliphatic heterocycles. The molecule has 0 aromatic heterocycles. The Labute approximate surface area is 111 Å². The standard InChI is InChI=1S/C12H19NO6/c1-3-9(2)6-10(8-13(17)18)7-12(16)19-5-4-11(14)15/h8-9H,3-7H2,1-2H3,(H,14,15). The van der Waals surface area contributed by atoms with Gasteiger partial charge in [-0.2, -0.15) is 0 Å². The average molecular weight is 273 g/mol. The zero-order chi connectivity index (χ0) is 14.8. The van der Waals surface area contributed by atoms with Gasteiger partial charge in [0.1, 0.15) is 6.61 Å². The highest BCUT2D eigenvalue weighted by atomic mass is 16.6. The van der Waals surface area contributed by atoms with Crippen molar-refractivity contribution in [1.82, 2.24) is 0 Å². The van der Waals surface area contributed by atoms with Crippen molar-refractivity contribution in [3.8, 4) is 0 Å². The van der Waals surface area contributed by atoms with Crippen molar-refractivity contribution in [3.05, 3.63) is 21.9 Å². The Balaban J connectivity index is 4.35. The molecule has 108 valence electrons. The molecular formula is C12H19NO6. The second kappa shape index (κ2) is 9.07. The van der Waals surface area contributed by atoms with Gasteiger partial charge in [-0.05, 0) is 12.3 Å². The van der Waals surface area contributed by atoms with E-state index in [1.165, 1.54) is 0 Å². The third-order valence-corrected chi connectivity index (χ3v) is 2.55. The van der Waals surface area contributed by atoms with Gasteiger partial charge in [0.25, 0.3) is 0 Å². The Hall–Kier alpha value is -1.92. The van der Waals surface area contributed by atoms with Gasteiger partial charge in [-0.15, -0.1) is 0 Å². The maximum Gasteiger partial charge on any atom is 0.310 e. The molecule has 0 aliphatic carbocycles. The molecule has 1 unspecified atom stereocenters. The summed E-state index contributed by atoms with van der Waals surface area (Å²) in [5, 5.41) is 18.8. The number of hydrogen-bond acceptors (Lipinski definition) is 5. The van der Waals surface area contributed by atoms with E-state index in [0.717, 1.165) is 12.6 Å². The highest BCUT2D eigenvalue weighted by molar-refractivity contribution is 5.73. The van der Waals surface area contributed by atoms with Crippen molar-refractivity contribution in [2.45, 2.75) is 39.5 Å². The number of carboxylic acid groups (broad SMARTS) is 1.